The quantitative estimate of drug-likeness (QED) is 0.499. The van der Waals surface area contributed by atoms with Crippen LogP contribution < -0.4 is 0 Å². The summed E-state index contributed by atoms with van der Waals surface area (Å²) < 4.78 is 2.42. The van der Waals surface area contributed by atoms with Gasteiger partial charge in [0.15, 0.2) is 0 Å². The van der Waals surface area contributed by atoms with Gasteiger partial charge in [0.2, 0.25) is 0 Å². The predicted molar refractivity (Wildman–Crippen MR) is 104 cm³/mol. The molecule has 0 heterocycles. The zero-order valence-electron chi connectivity index (χ0n) is 16.5. The Morgan fingerprint density at radius 3 is 2.12 bits per heavy atom. The molecule has 0 radical (unpaired) electrons. The van der Waals surface area contributed by atoms with Crippen molar-refractivity contribution in [3.8, 4) is 0 Å². The molecule has 2 aliphatic carbocycles. The van der Waals surface area contributed by atoms with Crippen molar-refractivity contribution in [2.24, 2.45) is 5.41 Å². The van der Waals surface area contributed by atoms with Crippen LogP contribution in [0.2, 0.25) is 0 Å². The molecule has 1 atom stereocenters. The molecule has 0 aliphatic heterocycles. The third-order valence-corrected chi connectivity index (χ3v) is 8.95. The summed E-state index contributed by atoms with van der Waals surface area (Å²) >= 11 is -0.162. The number of hydrogen-bond donors (Lipinski definition) is 0. The van der Waals surface area contributed by atoms with Crippen LogP contribution in [0, 0.1) is 5.41 Å². The van der Waals surface area contributed by atoms with Crippen LogP contribution >= 0.6 is 0 Å². The molecule has 3 rings (SSSR count). The number of benzene rings is 1. The molecule has 1 aromatic carbocycles. The average Bonchev–Trinajstić information content (AvgIpc) is 3.05. The zero-order chi connectivity index (χ0) is 17.9. The fraction of sp³-hybridized carbons (Fsp3) is 0.478. The second-order valence-electron chi connectivity index (χ2n) is 7.49. The topological polar surface area (TPSA) is 0 Å². The molecule has 1 heteroatoms. The predicted octanol–water partition coefficient (Wildman–Crippen LogP) is 7.29. The second-order valence-corrected chi connectivity index (χ2v) is 9.69. The van der Waals surface area contributed by atoms with Crippen LogP contribution in [0.1, 0.15) is 76.7 Å². The number of fused-ring (bicyclic) bond motifs is 1. The van der Waals surface area contributed by atoms with E-state index in [0.29, 0.717) is 4.22 Å². The maximum atomic E-state index is 2.43. The van der Waals surface area contributed by atoms with Gasteiger partial charge in [-0.2, -0.15) is 0 Å². The van der Waals surface area contributed by atoms with E-state index in [1.54, 1.807) is 20.6 Å². The van der Waals surface area contributed by atoms with E-state index in [4.69, 9.17) is 0 Å². The van der Waals surface area contributed by atoms with E-state index in [1.165, 1.54) is 24.0 Å². The Bertz CT molecular complexity index is 684. The molecule has 0 N–H and O–H groups in total. The van der Waals surface area contributed by atoms with Crippen molar-refractivity contribution >= 4 is 6.08 Å². The summed E-state index contributed by atoms with van der Waals surface area (Å²) in [5, 5.41) is 0. The molecule has 24 heavy (non-hydrogen) atoms. The maximum absolute atomic E-state index is 2.43. The van der Waals surface area contributed by atoms with Gasteiger partial charge in [0, 0.05) is 0 Å². The van der Waals surface area contributed by atoms with Crippen LogP contribution in [-0.4, -0.2) is 0 Å². The Balaban J connectivity index is 0.000000471. The van der Waals surface area contributed by atoms with E-state index in [0.717, 1.165) is 0 Å². The van der Waals surface area contributed by atoms with Crippen LogP contribution in [0.4, 0.5) is 0 Å². The van der Waals surface area contributed by atoms with Crippen molar-refractivity contribution in [3.63, 3.8) is 0 Å². The van der Waals surface area contributed by atoms with Gasteiger partial charge in [-0.05, 0) is 0 Å². The standard InChI is InChI=1S/C10H15.C9H7.C4H10.Ti/c1-7-6-10(4,5)9(3)8(7)2;1-2-5-9-7-3-6-8(9)4-1;1-3-4-2;/h1-5H3;1-7H;3-4H2,1-2H3;. The first-order chi connectivity index (χ1) is 11.3. The summed E-state index contributed by atoms with van der Waals surface area (Å²) in [5.41, 5.74) is 7.93. The summed E-state index contributed by atoms with van der Waals surface area (Å²) in [5.74, 6) is 0. The van der Waals surface area contributed by atoms with E-state index >= 15 is 0 Å². The molecule has 2 aliphatic rings. The Morgan fingerprint density at radius 2 is 1.58 bits per heavy atom. The first-order valence-electron chi connectivity index (χ1n) is 9.27. The Hall–Kier alpha value is -0.846. The van der Waals surface area contributed by atoms with Gasteiger partial charge in [0.25, 0.3) is 0 Å². The molecule has 0 spiro atoms. The summed E-state index contributed by atoms with van der Waals surface area (Å²) in [6.07, 6.45) is 7.39. The van der Waals surface area contributed by atoms with Gasteiger partial charge >= 0.3 is 132 Å². The molecular weight excluding hydrogens is 324 g/mol. The first-order valence-corrected chi connectivity index (χ1v) is 11.0. The summed E-state index contributed by atoms with van der Waals surface area (Å²) in [4.78, 5) is 0. The Labute approximate surface area is 158 Å². The molecule has 0 saturated heterocycles. The Morgan fingerprint density at radius 1 is 0.958 bits per heavy atom. The van der Waals surface area contributed by atoms with Crippen molar-refractivity contribution < 1.29 is 19.2 Å². The van der Waals surface area contributed by atoms with Gasteiger partial charge in [-0.25, -0.2) is 0 Å². The minimum Gasteiger partial charge on any atom is -0.0654 e. The molecule has 0 nitrogen and oxygen atoms in total. The van der Waals surface area contributed by atoms with Gasteiger partial charge in [-0.15, -0.1) is 0 Å². The van der Waals surface area contributed by atoms with Gasteiger partial charge in [-0.3, -0.25) is 0 Å². The number of unbranched alkanes of at least 4 members (excludes halogenated alkanes) is 1. The van der Waals surface area contributed by atoms with Gasteiger partial charge < -0.3 is 0 Å². The molecular formula is C23H32Ti. The second kappa shape index (κ2) is 8.02. The average molecular weight is 356 g/mol. The van der Waals surface area contributed by atoms with Gasteiger partial charge in [0.1, 0.15) is 0 Å². The smallest absolute Gasteiger partial charge is 0.0564 e. The summed E-state index contributed by atoms with van der Waals surface area (Å²) in [6, 6.07) is 8.88. The van der Waals surface area contributed by atoms with Crippen molar-refractivity contribution in [3.05, 3.63) is 62.1 Å². The van der Waals surface area contributed by atoms with Crippen LogP contribution in [0.25, 0.3) is 6.08 Å². The normalized spacial score (nSPS) is 20.9. The monoisotopic (exact) mass is 356 g/mol. The van der Waals surface area contributed by atoms with Gasteiger partial charge in [0.05, 0.1) is 0 Å². The fourth-order valence-electron chi connectivity index (χ4n) is 3.41. The molecule has 128 valence electrons. The first kappa shape index (κ1) is 19.5. The molecule has 0 aromatic heterocycles. The molecule has 0 amide bonds. The third kappa shape index (κ3) is 3.71. The minimum atomic E-state index is -0.162. The minimum absolute atomic E-state index is 0.162. The van der Waals surface area contributed by atoms with E-state index in [1.807, 2.05) is 0 Å². The molecule has 0 fully saturated rings. The van der Waals surface area contributed by atoms with E-state index in [2.05, 4.69) is 84.9 Å². The number of allylic oxidation sites excluding steroid dienone is 5. The summed E-state index contributed by atoms with van der Waals surface area (Å²) in [7, 11) is 0. The van der Waals surface area contributed by atoms with Crippen LogP contribution in [0.5, 0.6) is 0 Å². The Kier molecular flexibility index (Phi) is 6.51. The summed E-state index contributed by atoms with van der Waals surface area (Å²) in [6.45, 7) is 16.1. The van der Waals surface area contributed by atoms with Crippen molar-refractivity contribution in [2.45, 2.75) is 65.5 Å². The third-order valence-electron chi connectivity index (χ3n) is 5.66. The molecule has 1 aromatic rings. The van der Waals surface area contributed by atoms with Crippen LogP contribution in [-0.2, 0) is 19.2 Å². The molecule has 0 bridgehead atoms. The van der Waals surface area contributed by atoms with E-state index in [-0.39, 0.29) is 24.6 Å². The molecule has 1 unspecified atom stereocenters. The fourth-order valence-corrected chi connectivity index (χ4v) is 6.34. The van der Waals surface area contributed by atoms with Crippen LogP contribution in [0.15, 0.2) is 50.9 Å². The number of hydrogen-bond acceptors (Lipinski definition) is 0. The van der Waals surface area contributed by atoms with E-state index in [9.17, 15) is 0 Å². The van der Waals surface area contributed by atoms with Crippen molar-refractivity contribution in [2.75, 3.05) is 0 Å². The SMILES string of the molecule is CC1=C(C)C(C)(C)[C]([Ti][CH]2C=Cc3ccccc32)=C1C.CCCC. The zero-order valence-corrected chi connectivity index (χ0v) is 18.0. The van der Waals surface area contributed by atoms with Crippen molar-refractivity contribution in [1.29, 1.82) is 0 Å². The maximum Gasteiger partial charge on any atom is -0.0564 e. The van der Waals surface area contributed by atoms with Gasteiger partial charge in [-0.1, -0.05) is 26.7 Å². The van der Waals surface area contributed by atoms with Crippen molar-refractivity contribution in [1.82, 2.24) is 0 Å². The largest absolute Gasteiger partial charge is 0.0654 e. The van der Waals surface area contributed by atoms with Crippen LogP contribution in [0.3, 0.4) is 0 Å². The number of rotatable bonds is 3. The molecule has 0 saturated carbocycles. The van der Waals surface area contributed by atoms with E-state index < -0.39 is 0 Å².